The van der Waals surface area contributed by atoms with Crippen LogP contribution in [0.25, 0.3) is 6.08 Å². The van der Waals surface area contributed by atoms with E-state index in [1.54, 1.807) is 18.2 Å². The molecular weight excluding hydrogens is 324 g/mol. The fraction of sp³-hybridized carbons (Fsp3) is 0.111. The van der Waals surface area contributed by atoms with Gasteiger partial charge in [0.25, 0.3) is 5.69 Å². The molecule has 126 valence electrons. The number of nitro groups is 1. The standard InChI is InChI=1S/C18H14N2O5/c1-2-24-15-9-3-12(4-10-15)11-16-18(21)25-17(19-16)13-5-7-14(8-6-13)20(22)23/h3-11H,2H2,1H3. The Morgan fingerprint density at radius 3 is 2.44 bits per heavy atom. The van der Waals surface area contributed by atoms with Crippen molar-refractivity contribution in [3.63, 3.8) is 0 Å². The van der Waals surface area contributed by atoms with Crippen LogP contribution in [0, 0.1) is 10.1 Å². The molecule has 2 aromatic carbocycles. The van der Waals surface area contributed by atoms with E-state index in [-0.39, 0.29) is 17.3 Å². The van der Waals surface area contributed by atoms with Gasteiger partial charge in [0.1, 0.15) is 5.75 Å². The molecule has 7 heteroatoms. The van der Waals surface area contributed by atoms with Crippen LogP contribution in [0.4, 0.5) is 5.69 Å². The summed E-state index contributed by atoms with van der Waals surface area (Å²) in [6, 6.07) is 12.9. The van der Waals surface area contributed by atoms with Gasteiger partial charge in [0, 0.05) is 17.7 Å². The van der Waals surface area contributed by atoms with Gasteiger partial charge in [0.05, 0.1) is 11.5 Å². The average molecular weight is 338 g/mol. The Morgan fingerprint density at radius 1 is 1.16 bits per heavy atom. The van der Waals surface area contributed by atoms with E-state index in [2.05, 4.69) is 4.99 Å². The quantitative estimate of drug-likeness (QED) is 0.361. The first-order valence-corrected chi connectivity index (χ1v) is 7.57. The van der Waals surface area contributed by atoms with Crippen LogP contribution in [0.15, 0.2) is 59.2 Å². The number of benzene rings is 2. The second-order valence-electron chi connectivity index (χ2n) is 5.14. The van der Waals surface area contributed by atoms with Crippen LogP contribution in [0.1, 0.15) is 18.1 Å². The topological polar surface area (TPSA) is 91.0 Å². The molecule has 0 fully saturated rings. The van der Waals surface area contributed by atoms with Crippen molar-refractivity contribution in [1.29, 1.82) is 0 Å². The number of carbonyl (C=O) groups excluding carboxylic acids is 1. The second-order valence-corrected chi connectivity index (χ2v) is 5.14. The molecule has 1 aliphatic heterocycles. The predicted octanol–water partition coefficient (Wildman–Crippen LogP) is 3.34. The molecule has 1 aliphatic rings. The summed E-state index contributed by atoms with van der Waals surface area (Å²) in [6.45, 7) is 2.48. The molecule has 2 aromatic rings. The van der Waals surface area contributed by atoms with Crippen molar-refractivity contribution in [3.8, 4) is 5.75 Å². The van der Waals surface area contributed by atoms with Crippen molar-refractivity contribution in [1.82, 2.24) is 0 Å². The molecule has 7 nitrogen and oxygen atoms in total. The summed E-state index contributed by atoms with van der Waals surface area (Å²) in [7, 11) is 0. The minimum atomic E-state index is -0.567. The lowest BCUT2D eigenvalue weighted by atomic mass is 10.2. The van der Waals surface area contributed by atoms with E-state index >= 15 is 0 Å². The van der Waals surface area contributed by atoms with Crippen molar-refractivity contribution in [2.24, 2.45) is 4.99 Å². The first-order valence-electron chi connectivity index (χ1n) is 7.57. The van der Waals surface area contributed by atoms with Gasteiger partial charge >= 0.3 is 5.97 Å². The zero-order valence-corrected chi connectivity index (χ0v) is 13.3. The number of ether oxygens (including phenoxy) is 2. The number of hydrogen-bond donors (Lipinski definition) is 0. The molecule has 0 atom stereocenters. The smallest absolute Gasteiger partial charge is 0.363 e. The van der Waals surface area contributed by atoms with E-state index in [1.165, 1.54) is 24.3 Å². The molecule has 0 aliphatic carbocycles. The van der Waals surface area contributed by atoms with Gasteiger partial charge in [0.2, 0.25) is 5.90 Å². The Balaban J connectivity index is 1.82. The van der Waals surface area contributed by atoms with Crippen LogP contribution in [-0.2, 0) is 9.53 Å². The molecule has 0 amide bonds. The maximum Gasteiger partial charge on any atom is 0.363 e. The fourth-order valence-corrected chi connectivity index (χ4v) is 2.24. The third kappa shape index (κ3) is 3.72. The average Bonchev–Trinajstić information content (AvgIpc) is 2.98. The van der Waals surface area contributed by atoms with Gasteiger partial charge < -0.3 is 9.47 Å². The van der Waals surface area contributed by atoms with E-state index < -0.39 is 10.9 Å². The van der Waals surface area contributed by atoms with E-state index in [0.29, 0.717) is 12.2 Å². The maximum absolute atomic E-state index is 12.0. The molecule has 0 saturated carbocycles. The number of nitrogens with zero attached hydrogens (tertiary/aromatic N) is 2. The summed E-state index contributed by atoms with van der Waals surface area (Å²) >= 11 is 0. The van der Waals surface area contributed by atoms with Gasteiger partial charge in [0.15, 0.2) is 5.70 Å². The number of rotatable bonds is 5. The lowest BCUT2D eigenvalue weighted by Gasteiger charge is -2.02. The number of nitro benzene ring substituents is 1. The third-order valence-corrected chi connectivity index (χ3v) is 3.44. The van der Waals surface area contributed by atoms with Crippen LogP contribution < -0.4 is 4.74 Å². The van der Waals surface area contributed by atoms with Crippen LogP contribution in [0.5, 0.6) is 5.75 Å². The van der Waals surface area contributed by atoms with Crippen molar-refractivity contribution >= 4 is 23.6 Å². The molecule has 0 saturated heterocycles. The van der Waals surface area contributed by atoms with Crippen molar-refractivity contribution in [2.75, 3.05) is 6.61 Å². The summed E-state index contributed by atoms with van der Waals surface area (Å²) in [6.07, 6.45) is 1.61. The Labute approximate surface area is 143 Å². The first kappa shape index (κ1) is 16.4. The van der Waals surface area contributed by atoms with Crippen molar-refractivity contribution in [2.45, 2.75) is 6.92 Å². The van der Waals surface area contributed by atoms with Gasteiger partial charge in [-0.05, 0) is 42.8 Å². The number of cyclic esters (lactones) is 1. The molecule has 0 bridgehead atoms. The van der Waals surface area contributed by atoms with Gasteiger partial charge in [-0.25, -0.2) is 9.79 Å². The number of carbonyl (C=O) groups is 1. The highest BCUT2D eigenvalue weighted by atomic mass is 16.6. The molecule has 0 N–H and O–H groups in total. The van der Waals surface area contributed by atoms with E-state index in [9.17, 15) is 14.9 Å². The van der Waals surface area contributed by atoms with Crippen molar-refractivity contribution in [3.05, 3.63) is 75.5 Å². The van der Waals surface area contributed by atoms with E-state index in [0.717, 1.165) is 11.3 Å². The zero-order valence-electron chi connectivity index (χ0n) is 13.3. The van der Waals surface area contributed by atoms with E-state index in [4.69, 9.17) is 9.47 Å². The van der Waals surface area contributed by atoms with Gasteiger partial charge in [-0.3, -0.25) is 10.1 Å². The van der Waals surface area contributed by atoms with E-state index in [1.807, 2.05) is 19.1 Å². The highest BCUT2D eigenvalue weighted by Gasteiger charge is 2.24. The molecule has 1 heterocycles. The molecule has 0 unspecified atom stereocenters. The minimum absolute atomic E-state index is 0.0428. The molecule has 25 heavy (non-hydrogen) atoms. The molecular formula is C18H14N2O5. The summed E-state index contributed by atoms with van der Waals surface area (Å²) < 4.78 is 10.5. The van der Waals surface area contributed by atoms with Crippen LogP contribution in [-0.4, -0.2) is 23.4 Å². The Hall–Kier alpha value is -3.48. The number of esters is 1. The zero-order chi connectivity index (χ0) is 17.8. The number of hydrogen-bond acceptors (Lipinski definition) is 6. The minimum Gasteiger partial charge on any atom is -0.494 e. The predicted molar refractivity (Wildman–Crippen MR) is 91.3 cm³/mol. The lowest BCUT2D eigenvalue weighted by Crippen LogP contribution is -2.05. The van der Waals surface area contributed by atoms with Crippen LogP contribution in [0.3, 0.4) is 0 Å². The number of non-ortho nitro benzene ring substituents is 1. The third-order valence-electron chi connectivity index (χ3n) is 3.44. The highest BCUT2D eigenvalue weighted by Crippen LogP contribution is 2.21. The van der Waals surface area contributed by atoms with Gasteiger partial charge in [-0.1, -0.05) is 12.1 Å². The summed E-state index contributed by atoms with van der Waals surface area (Å²) in [4.78, 5) is 26.3. The Morgan fingerprint density at radius 2 is 1.84 bits per heavy atom. The fourth-order valence-electron chi connectivity index (χ4n) is 2.24. The molecule has 0 radical (unpaired) electrons. The largest absolute Gasteiger partial charge is 0.494 e. The lowest BCUT2D eigenvalue weighted by molar-refractivity contribution is -0.384. The molecule has 0 aromatic heterocycles. The van der Waals surface area contributed by atoms with Crippen molar-refractivity contribution < 1.29 is 19.2 Å². The summed E-state index contributed by atoms with van der Waals surface area (Å²) in [5, 5.41) is 10.7. The SMILES string of the molecule is CCOc1ccc(C=C2N=C(c3ccc([N+](=O)[O-])cc3)OC2=O)cc1. The Bertz CT molecular complexity index is 867. The highest BCUT2D eigenvalue weighted by molar-refractivity contribution is 6.12. The number of aliphatic imine (C=N–C) groups is 1. The first-order chi connectivity index (χ1) is 12.1. The second kappa shape index (κ2) is 6.96. The van der Waals surface area contributed by atoms with Gasteiger partial charge in [-0.15, -0.1) is 0 Å². The molecule has 3 rings (SSSR count). The molecule has 0 spiro atoms. The van der Waals surface area contributed by atoms with Crippen LogP contribution in [0.2, 0.25) is 0 Å². The van der Waals surface area contributed by atoms with Gasteiger partial charge in [-0.2, -0.15) is 0 Å². The van der Waals surface area contributed by atoms with Crippen LogP contribution >= 0.6 is 0 Å². The summed E-state index contributed by atoms with van der Waals surface area (Å²) in [5.74, 6) is 0.299. The maximum atomic E-state index is 12.0. The summed E-state index contributed by atoms with van der Waals surface area (Å²) in [5.41, 5.74) is 1.40. The normalized spacial score (nSPS) is 15.0. The monoisotopic (exact) mass is 338 g/mol. The Kier molecular flexibility index (Phi) is 4.56.